The van der Waals surface area contributed by atoms with Crippen LogP contribution in [0, 0.1) is 0 Å². The van der Waals surface area contributed by atoms with Crippen LogP contribution in [0.5, 0.6) is 11.5 Å². The Morgan fingerprint density at radius 1 is 1.50 bits per heavy atom. The van der Waals surface area contributed by atoms with Crippen LogP contribution >= 0.6 is 11.6 Å². The van der Waals surface area contributed by atoms with Crippen LogP contribution in [0.25, 0.3) is 0 Å². The average Bonchev–Trinajstić information content (AvgIpc) is 2.99. The van der Waals surface area contributed by atoms with Crippen LogP contribution in [-0.2, 0) is 4.74 Å². The summed E-state index contributed by atoms with van der Waals surface area (Å²) in [5, 5.41) is 0.636. The maximum Gasteiger partial charge on any atom is 0.162 e. The lowest BCUT2D eigenvalue weighted by atomic mass is 10.3. The number of benzene rings is 1. The first kappa shape index (κ1) is 9.62. The molecule has 0 spiro atoms. The number of hydrogen-bond acceptors (Lipinski definition) is 3. The van der Waals surface area contributed by atoms with Gasteiger partial charge in [-0.2, -0.15) is 0 Å². The van der Waals surface area contributed by atoms with Crippen molar-refractivity contribution in [3.05, 3.63) is 23.2 Å². The second-order valence-electron chi connectivity index (χ2n) is 3.06. The van der Waals surface area contributed by atoms with Crippen LogP contribution in [0.2, 0.25) is 5.02 Å². The van der Waals surface area contributed by atoms with E-state index in [2.05, 4.69) is 0 Å². The van der Waals surface area contributed by atoms with Crippen molar-refractivity contribution in [2.24, 2.45) is 0 Å². The standard InChI is InChI=1S/C10H11ClO3/c1-12-10-4-7(11)2-3-9(10)14-6-8-5-13-8/h2-4,8H,5-6H2,1H3. The summed E-state index contributed by atoms with van der Waals surface area (Å²) in [5.74, 6) is 1.35. The van der Waals surface area contributed by atoms with E-state index in [1.807, 2.05) is 0 Å². The van der Waals surface area contributed by atoms with Gasteiger partial charge in [0.25, 0.3) is 0 Å². The van der Waals surface area contributed by atoms with Crippen molar-refractivity contribution in [1.29, 1.82) is 0 Å². The Morgan fingerprint density at radius 2 is 2.29 bits per heavy atom. The highest BCUT2D eigenvalue weighted by molar-refractivity contribution is 6.30. The van der Waals surface area contributed by atoms with Gasteiger partial charge in [0.1, 0.15) is 12.7 Å². The maximum absolute atomic E-state index is 5.81. The minimum Gasteiger partial charge on any atom is -0.493 e. The van der Waals surface area contributed by atoms with Crippen molar-refractivity contribution in [2.75, 3.05) is 20.3 Å². The third-order valence-corrected chi connectivity index (χ3v) is 2.19. The van der Waals surface area contributed by atoms with Crippen LogP contribution < -0.4 is 9.47 Å². The second kappa shape index (κ2) is 4.07. The number of epoxide rings is 1. The summed E-state index contributed by atoms with van der Waals surface area (Å²) < 4.78 is 15.7. The molecule has 0 amide bonds. The predicted molar refractivity (Wildman–Crippen MR) is 53.2 cm³/mol. The molecule has 1 fully saturated rings. The molecule has 76 valence electrons. The minimum absolute atomic E-state index is 0.246. The zero-order valence-corrected chi connectivity index (χ0v) is 8.58. The summed E-state index contributed by atoms with van der Waals surface area (Å²) in [5.41, 5.74) is 0. The number of methoxy groups -OCH3 is 1. The van der Waals surface area contributed by atoms with Gasteiger partial charge in [-0.1, -0.05) is 11.6 Å². The summed E-state index contributed by atoms with van der Waals surface area (Å²) in [6, 6.07) is 5.29. The van der Waals surface area contributed by atoms with Gasteiger partial charge in [0.05, 0.1) is 13.7 Å². The normalized spacial score (nSPS) is 19.1. The van der Waals surface area contributed by atoms with E-state index < -0.39 is 0 Å². The first-order valence-electron chi connectivity index (χ1n) is 4.37. The predicted octanol–water partition coefficient (Wildman–Crippen LogP) is 2.13. The Bertz CT molecular complexity index is 323. The molecule has 1 aromatic rings. The molecule has 14 heavy (non-hydrogen) atoms. The SMILES string of the molecule is COc1cc(Cl)ccc1OCC1CO1. The van der Waals surface area contributed by atoms with Crippen LogP contribution in [0.1, 0.15) is 0 Å². The van der Waals surface area contributed by atoms with Crippen molar-refractivity contribution < 1.29 is 14.2 Å². The molecule has 1 aromatic carbocycles. The van der Waals surface area contributed by atoms with Gasteiger partial charge in [-0.05, 0) is 12.1 Å². The molecule has 2 rings (SSSR count). The van der Waals surface area contributed by atoms with Crippen LogP contribution in [-0.4, -0.2) is 26.4 Å². The molecule has 0 saturated carbocycles. The van der Waals surface area contributed by atoms with Crippen LogP contribution in [0.15, 0.2) is 18.2 Å². The Hall–Kier alpha value is -0.930. The zero-order valence-electron chi connectivity index (χ0n) is 7.83. The molecular formula is C10H11ClO3. The van der Waals surface area contributed by atoms with Gasteiger partial charge in [0.15, 0.2) is 11.5 Å². The molecule has 1 aliphatic rings. The van der Waals surface area contributed by atoms with Crippen LogP contribution in [0.3, 0.4) is 0 Å². The fourth-order valence-corrected chi connectivity index (χ4v) is 1.27. The van der Waals surface area contributed by atoms with E-state index >= 15 is 0 Å². The van der Waals surface area contributed by atoms with Gasteiger partial charge >= 0.3 is 0 Å². The van der Waals surface area contributed by atoms with E-state index in [9.17, 15) is 0 Å². The molecule has 0 aromatic heterocycles. The van der Waals surface area contributed by atoms with E-state index in [0.29, 0.717) is 23.1 Å². The topological polar surface area (TPSA) is 31.0 Å². The molecule has 1 unspecified atom stereocenters. The third kappa shape index (κ3) is 2.30. The number of ether oxygens (including phenoxy) is 3. The Morgan fingerprint density at radius 3 is 2.93 bits per heavy atom. The van der Waals surface area contributed by atoms with E-state index in [1.165, 1.54) is 0 Å². The molecule has 0 bridgehead atoms. The highest BCUT2D eigenvalue weighted by Gasteiger charge is 2.23. The van der Waals surface area contributed by atoms with E-state index in [0.717, 1.165) is 6.61 Å². The zero-order chi connectivity index (χ0) is 9.97. The molecule has 1 atom stereocenters. The highest BCUT2D eigenvalue weighted by atomic mass is 35.5. The first-order valence-corrected chi connectivity index (χ1v) is 4.75. The molecule has 1 heterocycles. The van der Waals surface area contributed by atoms with E-state index in [4.69, 9.17) is 25.8 Å². The first-order chi connectivity index (χ1) is 6.79. The summed E-state index contributed by atoms with van der Waals surface area (Å²) in [6.07, 6.45) is 0.246. The monoisotopic (exact) mass is 214 g/mol. The average molecular weight is 215 g/mol. The number of halogens is 1. The fraction of sp³-hybridized carbons (Fsp3) is 0.400. The largest absolute Gasteiger partial charge is 0.493 e. The highest BCUT2D eigenvalue weighted by Crippen LogP contribution is 2.30. The molecule has 1 saturated heterocycles. The van der Waals surface area contributed by atoms with Gasteiger partial charge < -0.3 is 14.2 Å². The molecule has 1 aliphatic heterocycles. The van der Waals surface area contributed by atoms with Gasteiger partial charge in [-0.25, -0.2) is 0 Å². The third-order valence-electron chi connectivity index (χ3n) is 1.95. The van der Waals surface area contributed by atoms with Crippen molar-refractivity contribution in [2.45, 2.75) is 6.10 Å². The van der Waals surface area contributed by atoms with Gasteiger partial charge in [0, 0.05) is 11.1 Å². The molecule has 0 aliphatic carbocycles. The number of hydrogen-bond donors (Lipinski definition) is 0. The van der Waals surface area contributed by atoms with Crippen molar-refractivity contribution >= 4 is 11.6 Å². The molecule has 0 N–H and O–H groups in total. The fourth-order valence-electron chi connectivity index (χ4n) is 1.11. The molecular weight excluding hydrogens is 204 g/mol. The van der Waals surface area contributed by atoms with E-state index in [1.54, 1.807) is 25.3 Å². The molecule has 0 radical (unpaired) electrons. The quantitative estimate of drug-likeness (QED) is 0.720. The Balaban J connectivity index is 2.05. The Kier molecular flexibility index (Phi) is 2.79. The lowest BCUT2D eigenvalue weighted by Gasteiger charge is -2.09. The summed E-state index contributed by atoms with van der Waals surface area (Å²) in [6.45, 7) is 1.36. The van der Waals surface area contributed by atoms with Gasteiger partial charge in [0.2, 0.25) is 0 Å². The maximum atomic E-state index is 5.81. The van der Waals surface area contributed by atoms with E-state index in [-0.39, 0.29) is 6.10 Å². The number of rotatable bonds is 4. The van der Waals surface area contributed by atoms with Gasteiger partial charge in [-0.3, -0.25) is 0 Å². The van der Waals surface area contributed by atoms with Crippen molar-refractivity contribution in [3.8, 4) is 11.5 Å². The minimum atomic E-state index is 0.246. The summed E-state index contributed by atoms with van der Waals surface area (Å²) >= 11 is 5.81. The summed E-state index contributed by atoms with van der Waals surface area (Å²) in [7, 11) is 1.59. The summed E-state index contributed by atoms with van der Waals surface area (Å²) in [4.78, 5) is 0. The lowest BCUT2D eigenvalue weighted by Crippen LogP contribution is -2.04. The van der Waals surface area contributed by atoms with Crippen LogP contribution in [0.4, 0.5) is 0 Å². The van der Waals surface area contributed by atoms with Crippen molar-refractivity contribution in [3.63, 3.8) is 0 Å². The lowest BCUT2D eigenvalue weighted by molar-refractivity contribution is 0.252. The smallest absolute Gasteiger partial charge is 0.162 e. The van der Waals surface area contributed by atoms with Gasteiger partial charge in [-0.15, -0.1) is 0 Å². The molecule has 4 heteroatoms. The Labute approximate surface area is 87.5 Å². The second-order valence-corrected chi connectivity index (χ2v) is 3.50. The molecule has 3 nitrogen and oxygen atoms in total. The van der Waals surface area contributed by atoms with Crippen molar-refractivity contribution in [1.82, 2.24) is 0 Å².